The summed E-state index contributed by atoms with van der Waals surface area (Å²) in [7, 11) is 0. The van der Waals surface area contributed by atoms with Gasteiger partial charge in [0, 0.05) is 37.3 Å². The van der Waals surface area contributed by atoms with E-state index in [1.54, 1.807) is 6.20 Å². The van der Waals surface area contributed by atoms with Crippen molar-refractivity contribution < 1.29 is 17.6 Å². The maximum absolute atomic E-state index is 14.4. The standard InChI is InChI=1S/C21H21F4N7/c1-2-16-17(26)29-15-10-28-20(30-19(15)32(16)12-8-21(24,25)9-12)31-6-5-27-18(31)13-4-3-11(22)7-14(13)23/h3-7,10,12,16-17,29H,2,8-9,26H2,1H3/t16-,17?/m1/s1. The van der Waals surface area contributed by atoms with Crippen molar-refractivity contribution in [1.82, 2.24) is 19.5 Å². The van der Waals surface area contributed by atoms with Crippen LogP contribution in [0, 0.1) is 11.6 Å². The number of nitrogens with one attached hydrogen (secondary N) is 1. The summed E-state index contributed by atoms with van der Waals surface area (Å²) in [6.45, 7) is 1.94. The molecule has 0 spiro atoms. The molecule has 3 aromatic rings. The van der Waals surface area contributed by atoms with Gasteiger partial charge in [-0.1, -0.05) is 6.92 Å². The van der Waals surface area contributed by atoms with Crippen LogP contribution < -0.4 is 16.0 Å². The van der Waals surface area contributed by atoms with Crippen molar-refractivity contribution in [2.75, 3.05) is 10.2 Å². The lowest BCUT2D eigenvalue weighted by Crippen LogP contribution is -2.63. The Hall–Kier alpha value is -3.21. The molecule has 2 aromatic heterocycles. The molecule has 7 nitrogen and oxygen atoms in total. The molecule has 0 bridgehead atoms. The number of anilines is 2. The molecule has 11 heteroatoms. The maximum Gasteiger partial charge on any atom is 0.252 e. The van der Waals surface area contributed by atoms with Crippen molar-refractivity contribution in [1.29, 1.82) is 0 Å². The topological polar surface area (TPSA) is 84.9 Å². The second-order valence-corrected chi connectivity index (χ2v) is 8.12. The number of nitrogens with two attached hydrogens (primary N) is 1. The minimum atomic E-state index is -2.70. The Kier molecular flexibility index (Phi) is 4.81. The predicted molar refractivity (Wildman–Crippen MR) is 111 cm³/mol. The van der Waals surface area contributed by atoms with E-state index in [4.69, 9.17) is 5.73 Å². The Labute approximate surface area is 181 Å². The van der Waals surface area contributed by atoms with Crippen LogP contribution >= 0.6 is 0 Å². The number of fused-ring (bicyclic) bond motifs is 1. The summed E-state index contributed by atoms with van der Waals surface area (Å²) >= 11 is 0. The van der Waals surface area contributed by atoms with Gasteiger partial charge in [-0.25, -0.2) is 27.5 Å². The average molecular weight is 447 g/mol. The third-order valence-corrected chi connectivity index (χ3v) is 6.00. The van der Waals surface area contributed by atoms with E-state index in [9.17, 15) is 17.6 Å². The van der Waals surface area contributed by atoms with Crippen molar-refractivity contribution in [2.45, 2.75) is 50.4 Å². The van der Waals surface area contributed by atoms with Crippen LogP contribution in [-0.4, -0.2) is 43.7 Å². The van der Waals surface area contributed by atoms with E-state index < -0.39 is 29.8 Å². The van der Waals surface area contributed by atoms with Crippen LogP contribution in [0.3, 0.4) is 0 Å². The number of imidazole rings is 1. The maximum atomic E-state index is 14.4. The molecule has 3 heterocycles. The van der Waals surface area contributed by atoms with Crippen molar-refractivity contribution in [3.05, 3.63) is 48.4 Å². The van der Waals surface area contributed by atoms with Crippen LogP contribution in [0.15, 0.2) is 36.8 Å². The highest BCUT2D eigenvalue weighted by molar-refractivity contribution is 5.70. The van der Waals surface area contributed by atoms with E-state index in [2.05, 4.69) is 20.3 Å². The largest absolute Gasteiger partial charge is 0.364 e. The minimum absolute atomic E-state index is 0.0831. The highest BCUT2D eigenvalue weighted by Gasteiger charge is 2.51. The van der Waals surface area contributed by atoms with Gasteiger partial charge in [0.1, 0.15) is 17.5 Å². The number of benzene rings is 1. The van der Waals surface area contributed by atoms with E-state index in [0.29, 0.717) is 17.9 Å². The van der Waals surface area contributed by atoms with Gasteiger partial charge in [-0.15, -0.1) is 0 Å². The molecule has 1 aromatic carbocycles. The monoisotopic (exact) mass is 447 g/mol. The Morgan fingerprint density at radius 2 is 2.00 bits per heavy atom. The Bertz CT molecular complexity index is 1160. The third kappa shape index (κ3) is 3.36. The second-order valence-electron chi connectivity index (χ2n) is 8.12. The highest BCUT2D eigenvalue weighted by atomic mass is 19.3. The molecule has 1 saturated carbocycles. The van der Waals surface area contributed by atoms with Crippen LogP contribution in [-0.2, 0) is 0 Å². The summed E-state index contributed by atoms with van der Waals surface area (Å²) in [6, 6.07) is 2.57. The fourth-order valence-electron chi connectivity index (χ4n) is 4.44. The van der Waals surface area contributed by atoms with Gasteiger partial charge >= 0.3 is 0 Å². The predicted octanol–water partition coefficient (Wildman–Crippen LogP) is 3.70. The van der Waals surface area contributed by atoms with Gasteiger partial charge in [0.05, 0.1) is 29.7 Å². The lowest BCUT2D eigenvalue weighted by atomic mass is 9.84. The summed E-state index contributed by atoms with van der Waals surface area (Å²) < 4.78 is 56.6. The smallest absolute Gasteiger partial charge is 0.252 e. The second kappa shape index (κ2) is 7.44. The summed E-state index contributed by atoms with van der Waals surface area (Å²) in [5.74, 6) is -3.34. The van der Waals surface area contributed by atoms with Gasteiger partial charge in [0.2, 0.25) is 5.95 Å². The van der Waals surface area contributed by atoms with Gasteiger partial charge in [-0.05, 0) is 18.6 Å². The molecule has 1 fully saturated rings. The fourth-order valence-corrected chi connectivity index (χ4v) is 4.44. The first-order valence-corrected chi connectivity index (χ1v) is 10.3. The summed E-state index contributed by atoms with van der Waals surface area (Å²) in [6.07, 6.45) is 4.16. The molecule has 0 amide bonds. The lowest BCUT2D eigenvalue weighted by Gasteiger charge is -2.50. The van der Waals surface area contributed by atoms with Crippen molar-refractivity contribution in [3.8, 4) is 17.3 Å². The molecule has 1 aliphatic carbocycles. The molecule has 3 N–H and O–H groups in total. The molecular formula is C21H21F4N7. The van der Waals surface area contributed by atoms with Crippen molar-refractivity contribution >= 4 is 11.5 Å². The molecule has 5 rings (SSSR count). The summed E-state index contributed by atoms with van der Waals surface area (Å²) in [4.78, 5) is 15.0. The zero-order valence-corrected chi connectivity index (χ0v) is 17.1. The zero-order chi connectivity index (χ0) is 22.6. The number of hydrogen-bond acceptors (Lipinski definition) is 6. The molecule has 168 valence electrons. The van der Waals surface area contributed by atoms with Gasteiger partial charge in [-0.2, -0.15) is 4.98 Å². The van der Waals surface area contributed by atoms with Crippen LogP contribution in [0.5, 0.6) is 0 Å². The molecule has 1 aliphatic heterocycles. The molecule has 1 unspecified atom stereocenters. The summed E-state index contributed by atoms with van der Waals surface area (Å²) in [5, 5.41) is 3.15. The average Bonchev–Trinajstić information content (AvgIpc) is 3.20. The Morgan fingerprint density at radius 3 is 2.69 bits per heavy atom. The van der Waals surface area contributed by atoms with Crippen molar-refractivity contribution in [2.24, 2.45) is 5.73 Å². The van der Waals surface area contributed by atoms with Gasteiger partial charge in [0.25, 0.3) is 5.92 Å². The van der Waals surface area contributed by atoms with E-state index >= 15 is 0 Å². The molecule has 0 radical (unpaired) electrons. The van der Waals surface area contributed by atoms with E-state index in [-0.39, 0.29) is 36.2 Å². The summed E-state index contributed by atoms with van der Waals surface area (Å²) in [5.41, 5.74) is 6.88. The molecular weight excluding hydrogens is 426 g/mol. The molecule has 2 aliphatic rings. The van der Waals surface area contributed by atoms with Crippen LogP contribution in [0.1, 0.15) is 26.2 Å². The molecule has 0 saturated heterocycles. The highest BCUT2D eigenvalue weighted by Crippen LogP contribution is 2.45. The first kappa shape index (κ1) is 20.7. The van der Waals surface area contributed by atoms with E-state index in [1.807, 2.05) is 11.8 Å². The number of rotatable bonds is 4. The van der Waals surface area contributed by atoms with Gasteiger partial charge in [0.15, 0.2) is 5.82 Å². The third-order valence-electron chi connectivity index (χ3n) is 6.00. The fraction of sp³-hybridized carbons (Fsp3) is 0.381. The number of hydrogen-bond donors (Lipinski definition) is 2. The zero-order valence-electron chi connectivity index (χ0n) is 17.1. The number of nitrogens with zero attached hydrogens (tertiary/aromatic N) is 5. The van der Waals surface area contributed by atoms with Crippen LogP contribution in [0.4, 0.5) is 29.1 Å². The minimum Gasteiger partial charge on any atom is -0.364 e. The Morgan fingerprint density at radius 1 is 1.22 bits per heavy atom. The number of aromatic nitrogens is 4. The van der Waals surface area contributed by atoms with E-state index in [0.717, 1.165) is 12.1 Å². The normalized spacial score (nSPS) is 22.2. The van der Waals surface area contributed by atoms with Crippen molar-refractivity contribution in [3.63, 3.8) is 0 Å². The number of halogens is 4. The van der Waals surface area contributed by atoms with Crippen LogP contribution in [0.2, 0.25) is 0 Å². The van der Waals surface area contributed by atoms with Gasteiger partial charge < -0.3 is 16.0 Å². The Balaban J connectivity index is 1.58. The molecule has 32 heavy (non-hydrogen) atoms. The SMILES string of the molecule is CC[C@@H]1C(N)Nc2cnc(-n3ccnc3-c3ccc(F)cc3F)nc2N1C1CC(F)(F)C1. The molecule has 2 atom stereocenters. The van der Waals surface area contributed by atoms with Gasteiger partial charge in [-0.3, -0.25) is 4.57 Å². The quantitative estimate of drug-likeness (QED) is 0.594. The van der Waals surface area contributed by atoms with Crippen LogP contribution in [0.25, 0.3) is 17.3 Å². The first-order chi connectivity index (χ1) is 15.3. The number of alkyl halides is 2. The first-order valence-electron chi connectivity index (χ1n) is 10.3. The lowest BCUT2D eigenvalue weighted by molar-refractivity contribution is -0.0878. The van der Waals surface area contributed by atoms with E-state index in [1.165, 1.54) is 23.0 Å².